The second-order valence-electron chi connectivity index (χ2n) is 5.43. The molecule has 9 heteroatoms. The molecule has 3 rings (SSSR count). The van der Waals surface area contributed by atoms with Crippen molar-refractivity contribution in [2.75, 3.05) is 5.32 Å². The topological polar surface area (TPSA) is 110 Å². The Balaban J connectivity index is 1.77. The SMILES string of the molecule is Cc1ccc(NC(=O)NC(=O)c2c(C)noc2-c2snnc2C)cc1. The highest BCUT2D eigenvalue weighted by atomic mass is 32.1. The zero-order valence-electron chi connectivity index (χ0n) is 13.8. The molecule has 0 atom stereocenters. The Labute approximate surface area is 147 Å². The summed E-state index contributed by atoms with van der Waals surface area (Å²) in [5.74, 6) is -0.350. The molecule has 2 heterocycles. The fourth-order valence-electron chi connectivity index (χ4n) is 2.20. The smallest absolute Gasteiger partial charge is 0.326 e. The molecule has 0 spiro atoms. The Morgan fingerprint density at radius 3 is 2.44 bits per heavy atom. The van der Waals surface area contributed by atoms with Crippen molar-refractivity contribution in [3.63, 3.8) is 0 Å². The van der Waals surface area contributed by atoms with Crippen LogP contribution < -0.4 is 10.6 Å². The van der Waals surface area contributed by atoms with E-state index in [1.165, 1.54) is 0 Å². The monoisotopic (exact) mass is 357 g/mol. The summed E-state index contributed by atoms with van der Waals surface area (Å²) in [7, 11) is 0. The number of aryl methyl sites for hydroxylation is 3. The molecule has 0 fully saturated rings. The molecule has 25 heavy (non-hydrogen) atoms. The van der Waals surface area contributed by atoms with Gasteiger partial charge >= 0.3 is 6.03 Å². The van der Waals surface area contributed by atoms with Crippen LogP contribution in [-0.2, 0) is 0 Å². The number of carbonyl (C=O) groups is 2. The lowest BCUT2D eigenvalue weighted by Gasteiger charge is -2.07. The highest BCUT2D eigenvalue weighted by Gasteiger charge is 2.26. The van der Waals surface area contributed by atoms with Gasteiger partial charge in [0.15, 0.2) is 5.76 Å². The number of carbonyl (C=O) groups excluding carboxylic acids is 2. The molecule has 2 aromatic heterocycles. The molecule has 3 aromatic rings. The maximum atomic E-state index is 12.5. The van der Waals surface area contributed by atoms with Crippen LogP contribution in [0.25, 0.3) is 10.6 Å². The highest BCUT2D eigenvalue weighted by molar-refractivity contribution is 7.09. The van der Waals surface area contributed by atoms with Gasteiger partial charge in [-0.2, -0.15) is 0 Å². The fraction of sp³-hybridized carbons (Fsp3) is 0.188. The second-order valence-corrected chi connectivity index (χ2v) is 6.19. The van der Waals surface area contributed by atoms with Crippen molar-refractivity contribution in [2.45, 2.75) is 20.8 Å². The van der Waals surface area contributed by atoms with Crippen molar-refractivity contribution < 1.29 is 14.1 Å². The largest absolute Gasteiger partial charge is 0.354 e. The molecule has 2 N–H and O–H groups in total. The van der Waals surface area contributed by atoms with Crippen LogP contribution >= 0.6 is 11.5 Å². The van der Waals surface area contributed by atoms with Gasteiger partial charge in [-0.3, -0.25) is 10.1 Å². The number of urea groups is 1. The van der Waals surface area contributed by atoms with Gasteiger partial charge < -0.3 is 9.84 Å². The van der Waals surface area contributed by atoms with Crippen LogP contribution in [0.4, 0.5) is 10.5 Å². The maximum absolute atomic E-state index is 12.5. The summed E-state index contributed by atoms with van der Waals surface area (Å²) in [6.45, 7) is 5.33. The van der Waals surface area contributed by atoms with Crippen LogP contribution in [0.2, 0.25) is 0 Å². The highest BCUT2D eigenvalue weighted by Crippen LogP contribution is 2.30. The van der Waals surface area contributed by atoms with E-state index >= 15 is 0 Å². The van der Waals surface area contributed by atoms with Crippen LogP contribution in [0.3, 0.4) is 0 Å². The van der Waals surface area contributed by atoms with Crippen molar-refractivity contribution in [1.82, 2.24) is 20.1 Å². The molecular weight excluding hydrogens is 342 g/mol. The van der Waals surface area contributed by atoms with Crippen LogP contribution in [0.15, 0.2) is 28.8 Å². The minimum atomic E-state index is -0.639. The Kier molecular flexibility index (Phi) is 4.57. The van der Waals surface area contributed by atoms with Gasteiger partial charge in [-0.1, -0.05) is 27.3 Å². The molecule has 0 bridgehead atoms. The standard InChI is InChI=1S/C16H15N5O3S/c1-8-4-6-11(7-5-8)17-16(23)18-15(22)12-9(2)20-24-13(12)14-10(3)19-21-25-14/h4-7H,1-3H3,(H2,17,18,22,23). The minimum absolute atomic E-state index is 0.188. The van der Waals surface area contributed by atoms with Gasteiger partial charge in [0.05, 0.1) is 11.4 Å². The van der Waals surface area contributed by atoms with Gasteiger partial charge in [0.2, 0.25) is 0 Å². The first-order chi connectivity index (χ1) is 12.0. The van der Waals surface area contributed by atoms with Crippen molar-refractivity contribution in [1.29, 1.82) is 0 Å². The zero-order valence-corrected chi connectivity index (χ0v) is 14.6. The second kappa shape index (κ2) is 6.81. The Hall–Kier alpha value is -3.07. The van der Waals surface area contributed by atoms with Crippen LogP contribution in [-0.4, -0.2) is 26.7 Å². The molecule has 128 valence electrons. The summed E-state index contributed by atoms with van der Waals surface area (Å²) in [4.78, 5) is 25.2. The summed E-state index contributed by atoms with van der Waals surface area (Å²) in [5, 5.41) is 12.6. The number of nitrogens with zero attached hydrogens (tertiary/aromatic N) is 3. The van der Waals surface area contributed by atoms with Crippen molar-refractivity contribution in [3.8, 4) is 10.6 Å². The van der Waals surface area contributed by atoms with E-state index < -0.39 is 11.9 Å². The number of aromatic nitrogens is 3. The van der Waals surface area contributed by atoms with Crippen LogP contribution in [0, 0.1) is 20.8 Å². The molecule has 0 saturated heterocycles. The number of benzene rings is 1. The number of amides is 3. The number of nitrogens with one attached hydrogen (secondary N) is 2. The molecule has 0 aliphatic carbocycles. The molecular formula is C16H15N5O3S. The molecule has 3 amide bonds. The van der Waals surface area contributed by atoms with Gasteiger partial charge in [-0.15, -0.1) is 5.10 Å². The molecule has 0 unspecified atom stereocenters. The van der Waals surface area contributed by atoms with E-state index in [9.17, 15) is 9.59 Å². The minimum Gasteiger partial charge on any atom is -0.354 e. The predicted octanol–water partition coefficient (Wildman–Crippen LogP) is 3.08. The summed E-state index contributed by atoms with van der Waals surface area (Å²) in [6, 6.07) is 6.59. The van der Waals surface area contributed by atoms with Gasteiger partial charge in [0.1, 0.15) is 10.4 Å². The summed E-state index contributed by atoms with van der Waals surface area (Å²) >= 11 is 1.09. The average molecular weight is 357 g/mol. The van der Waals surface area contributed by atoms with E-state index in [0.29, 0.717) is 22.0 Å². The summed E-state index contributed by atoms with van der Waals surface area (Å²) in [5.41, 5.74) is 2.84. The predicted molar refractivity (Wildman–Crippen MR) is 92.5 cm³/mol. The van der Waals surface area contributed by atoms with E-state index in [4.69, 9.17) is 4.52 Å². The van der Waals surface area contributed by atoms with Crippen molar-refractivity contribution >= 4 is 29.2 Å². The zero-order chi connectivity index (χ0) is 18.0. The maximum Gasteiger partial charge on any atom is 0.326 e. The molecule has 0 saturated carbocycles. The van der Waals surface area contributed by atoms with Crippen LogP contribution in [0.5, 0.6) is 0 Å². The first kappa shape index (κ1) is 16.8. The molecule has 0 radical (unpaired) electrons. The van der Waals surface area contributed by atoms with Crippen LogP contribution in [0.1, 0.15) is 27.3 Å². The first-order valence-electron chi connectivity index (χ1n) is 7.40. The van der Waals surface area contributed by atoms with E-state index in [0.717, 1.165) is 17.1 Å². The lowest BCUT2D eigenvalue weighted by atomic mass is 10.1. The Morgan fingerprint density at radius 2 is 1.80 bits per heavy atom. The number of hydrogen-bond donors (Lipinski definition) is 2. The van der Waals surface area contributed by atoms with Gasteiger partial charge in [0, 0.05) is 5.69 Å². The quantitative estimate of drug-likeness (QED) is 0.745. The van der Waals surface area contributed by atoms with E-state index in [1.54, 1.807) is 26.0 Å². The average Bonchev–Trinajstić information content (AvgIpc) is 3.14. The van der Waals surface area contributed by atoms with Gasteiger partial charge in [0.25, 0.3) is 5.91 Å². The first-order valence-corrected chi connectivity index (χ1v) is 8.17. The Bertz CT molecular complexity index is 930. The van der Waals surface area contributed by atoms with Crippen molar-refractivity contribution in [2.24, 2.45) is 0 Å². The molecule has 1 aromatic carbocycles. The molecule has 0 aliphatic rings. The van der Waals surface area contributed by atoms with E-state index in [2.05, 4.69) is 25.4 Å². The normalized spacial score (nSPS) is 10.5. The lowest BCUT2D eigenvalue weighted by molar-refractivity contribution is 0.0967. The summed E-state index contributed by atoms with van der Waals surface area (Å²) < 4.78 is 9.07. The third-order valence-electron chi connectivity index (χ3n) is 3.48. The van der Waals surface area contributed by atoms with E-state index in [-0.39, 0.29) is 11.3 Å². The lowest BCUT2D eigenvalue weighted by Crippen LogP contribution is -2.34. The summed E-state index contributed by atoms with van der Waals surface area (Å²) in [6.07, 6.45) is 0. The number of imide groups is 1. The fourth-order valence-corrected chi connectivity index (χ4v) is 2.84. The number of hydrogen-bond acceptors (Lipinski definition) is 7. The third-order valence-corrected chi connectivity index (χ3v) is 4.31. The van der Waals surface area contributed by atoms with Gasteiger partial charge in [-0.25, -0.2) is 4.79 Å². The Morgan fingerprint density at radius 1 is 1.08 bits per heavy atom. The van der Waals surface area contributed by atoms with Crippen molar-refractivity contribution in [3.05, 3.63) is 46.8 Å². The third kappa shape index (κ3) is 3.56. The molecule has 0 aliphatic heterocycles. The molecule has 8 nitrogen and oxygen atoms in total. The van der Waals surface area contributed by atoms with E-state index in [1.807, 2.05) is 19.1 Å². The van der Waals surface area contributed by atoms with Gasteiger partial charge in [-0.05, 0) is 44.4 Å². The number of anilines is 1. The number of rotatable bonds is 3.